The molecule has 1 aliphatic rings. The summed E-state index contributed by atoms with van der Waals surface area (Å²) in [5, 5.41) is 0. The van der Waals surface area contributed by atoms with Gasteiger partial charge in [-0.1, -0.05) is 22.9 Å². The second-order valence-corrected chi connectivity index (χ2v) is 4.66. The molecule has 0 aliphatic heterocycles. The van der Waals surface area contributed by atoms with Crippen molar-refractivity contribution in [3.63, 3.8) is 0 Å². The summed E-state index contributed by atoms with van der Waals surface area (Å²) in [6.45, 7) is 2.17. The molecule has 0 spiro atoms. The zero-order valence-corrected chi connectivity index (χ0v) is 9.20. The van der Waals surface area contributed by atoms with Crippen molar-refractivity contribution in [2.75, 3.05) is 0 Å². The highest BCUT2D eigenvalue weighted by Gasteiger charge is 2.19. The topological polar surface area (TPSA) is 0 Å². The van der Waals surface area contributed by atoms with Crippen molar-refractivity contribution < 1.29 is 4.39 Å². The summed E-state index contributed by atoms with van der Waals surface area (Å²) in [5.41, 5.74) is 2.13. The highest BCUT2D eigenvalue weighted by atomic mass is 79.9. The number of hydrogen-bond donors (Lipinski definition) is 0. The Balaban J connectivity index is 2.56. The van der Waals surface area contributed by atoms with Gasteiger partial charge >= 0.3 is 0 Å². The molecule has 1 unspecified atom stereocenters. The van der Waals surface area contributed by atoms with Gasteiger partial charge in [0, 0.05) is 4.47 Å². The fourth-order valence-corrected chi connectivity index (χ4v) is 2.51. The summed E-state index contributed by atoms with van der Waals surface area (Å²) in [5.74, 6) is 0.465. The maximum atomic E-state index is 13.5. The van der Waals surface area contributed by atoms with Crippen LogP contribution in [0, 0.1) is 5.82 Å². The van der Waals surface area contributed by atoms with Crippen molar-refractivity contribution in [2.24, 2.45) is 0 Å². The Hall–Kier alpha value is -0.370. The SMILES string of the molecule is CC1CCCc2c(F)cc(Br)cc21. The van der Waals surface area contributed by atoms with Crippen LogP contribution in [-0.2, 0) is 6.42 Å². The first-order valence-corrected chi connectivity index (χ1v) is 5.45. The Morgan fingerprint density at radius 3 is 3.00 bits per heavy atom. The van der Waals surface area contributed by atoms with Crippen LogP contribution in [0.1, 0.15) is 36.8 Å². The van der Waals surface area contributed by atoms with Crippen molar-refractivity contribution >= 4 is 15.9 Å². The number of rotatable bonds is 0. The minimum atomic E-state index is -0.0454. The van der Waals surface area contributed by atoms with Crippen molar-refractivity contribution in [1.29, 1.82) is 0 Å². The highest BCUT2D eigenvalue weighted by Crippen LogP contribution is 2.34. The largest absolute Gasteiger partial charge is 0.207 e. The van der Waals surface area contributed by atoms with Crippen LogP contribution in [0.25, 0.3) is 0 Å². The third kappa shape index (κ3) is 1.64. The molecule has 0 saturated heterocycles. The van der Waals surface area contributed by atoms with Crippen molar-refractivity contribution in [2.45, 2.75) is 32.1 Å². The first-order chi connectivity index (χ1) is 6.18. The summed E-state index contributed by atoms with van der Waals surface area (Å²) in [7, 11) is 0. The lowest BCUT2D eigenvalue weighted by atomic mass is 9.84. The van der Waals surface area contributed by atoms with Crippen LogP contribution in [0.2, 0.25) is 0 Å². The van der Waals surface area contributed by atoms with Crippen LogP contribution in [0.3, 0.4) is 0 Å². The Morgan fingerprint density at radius 2 is 2.23 bits per heavy atom. The molecule has 0 heterocycles. The molecule has 2 rings (SSSR count). The third-order valence-electron chi connectivity index (χ3n) is 2.79. The van der Waals surface area contributed by atoms with Crippen LogP contribution in [0.4, 0.5) is 4.39 Å². The molecule has 70 valence electrons. The Kier molecular flexibility index (Phi) is 2.41. The number of hydrogen-bond acceptors (Lipinski definition) is 0. The van der Waals surface area contributed by atoms with E-state index < -0.39 is 0 Å². The van der Waals surface area contributed by atoms with Gasteiger partial charge in [0.1, 0.15) is 5.82 Å². The molecule has 0 aromatic heterocycles. The summed E-state index contributed by atoms with van der Waals surface area (Å²) < 4.78 is 14.3. The normalized spacial score (nSPS) is 21.3. The first-order valence-electron chi connectivity index (χ1n) is 4.66. The molecule has 2 heteroatoms. The van der Waals surface area contributed by atoms with E-state index in [2.05, 4.69) is 28.9 Å². The molecule has 0 N–H and O–H groups in total. The van der Waals surface area contributed by atoms with Crippen molar-refractivity contribution in [3.8, 4) is 0 Å². The number of fused-ring (bicyclic) bond motifs is 1. The Morgan fingerprint density at radius 1 is 1.46 bits per heavy atom. The third-order valence-corrected chi connectivity index (χ3v) is 3.25. The summed E-state index contributed by atoms with van der Waals surface area (Å²) in [6.07, 6.45) is 3.20. The minimum Gasteiger partial charge on any atom is -0.207 e. The molecule has 1 aromatic carbocycles. The van der Waals surface area contributed by atoms with Crippen molar-refractivity contribution in [3.05, 3.63) is 33.5 Å². The van der Waals surface area contributed by atoms with Gasteiger partial charge in [-0.05, 0) is 48.4 Å². The summed E-state index contributed by atoms with van der Waals surface area (Å²) in [6, 6.07) is 3.62. The summed E-state index contributed by atoms with van der Waals surface area (Å²) in [4.78, 5) is 0. The Labute approximate surface area is 86.3 Å². The fourth-order valence-electron chi connectivity index (χ4n) is 2.07. The predicted molar refractivity (Wildman–Crippen MR) is 55.5 cm³/mol. The van der Waals surface area contributed by atoms with Gasteiger partial charge < -0.3 is 0 Å². The minimum absolute atomic E-state index is 0.0454. The molecule has 1 aliphatic carbocycles. The van der Waals surface area contributed by atoms with Gasteiger partial charge in [0.15, 0.2) is 0 Å². The van der Waals surface area contributed by atoms with Gasteiger partial charge in [-0.2, -0.15) is 0 Å². The quantitative estimate of drug-likeness (QED) is 0.645. The van der Waals surface area contributed by atoms with Gasteiger partial charge in [-0.3, -0.25) is 0 Å². The average Bonchev–Trinajstić information content (AvgIpc) is 2.07. The lowest BCUT2D eigenvalue weighted by Crippen LogP contribution is -2.09. The molecule has 0 amide bonds. The van der Waals surface area contributed by atoms with E-state index in [-0.39, 0.29) is 5.82 Å². The predicted octanol–water partition coefficient (Wildman–Crippen LogP) is 4.03. The monoisotopic (exact) mass is 242 g/mol. The highest BCUT2D eigenvalue weighted by molar-refractivity contribution is 9.10. The summed E-state index contributed by atoms with van der Waals surface area (Å²) >= 11 is 3.33. The van der Waals surface area contributed by atoms with Crippen LogP contribution in [0.15, 0.2) is 16.6 Å². The van der Waals surface area contributed by atoms with E-state index in [1.165, 1.54) is 12.0 Å². The Bertz CT molecular complexity index is 333. The van der Waals surface area contributed by atoms with E-state index >= 15 is 0 Å². The van der Waals surface area contributed by atoms with Crippen LogP contribution in [-0.4, -0.2) is 0 Å². The van der Waals surface area contributed by atoms with Crippen LogP contribution in [0.5, 0.6) is 0 Å². The van der Waals surface area contributed by atoms with Crippen molar-refractivity contribution in [1.82, 2.24) is 0 Å². The average molecular weight is 243 g/mol. The van der Waals surface area contributed by atoms with E-state index in [0.29, 0.717) is 5.92 Å². The second-order valence-electron chi connectivity index (χ2n) is 3.75. The van der Waals surface area contributed by atoms with E-state index in [1.54, 1.807) is 6.07 Å². The molecule has 0 fully saturated rings. The van der Waals surface area contributed by atoms with Crippen LogP contribution < -0.4 is 0 Å². The van der Waals surface area contributed by atoms with E-state index in [4.69, 9.17) is 0 Å². The van der Waals surface area contributed by atoms with Gasteiger partial charge in [-0.25, -0.2) is 4.39 Å². The molecular weight excluding hydrogens is 231 g/mol. The molecule has 0 radical (unpaired) electrons. The lowest BCUT2D eigenvalue weighted by molar-refractivity contribution is 0.542. The molecule has 0 saturated carbocycles. The fraction of sp³-hybridized carbons (Fsp3) is 0.455. The second kappa shape index (κ2) is 3.41. The molecular formula is C11H12BrF. The van der Waals surface area contributed by atoms with Gasteiger partial charge in [-0.15, -0.1) is 0 Å². The zero-order valence-electron chi connectivity index (χ0n) is 7.61. The van der Waals surface area contributed by atoms with E-state index in [9.17, 15) is 4.39 Å². The maximum Gasteiger partial charge on any atom is 0.127 e. The maximum absolute atomic E-state index is 13.5. The molecule has 1 aromatic rings. The molecule has 0 bridgehead atoms. The molecule has 0 nitrogen and oxygen atoms in total. The first kappa shape index (κ1) is 9.20. The van der Waals surface area contributed by atoms with Crippen LogP contribution >= 0.6 is 15.9 Å². The smallest absolute Gasteiger partial charge is 0.127 e. The van der Waals surface area contributed by atoms with E-state index in [1.807, 2.05) is 0 Å². The standard InChI is InChI=1S/C11H12BrF/c1-7-3-2-4-9-10(7)5-8(12)6-11(9)13/h5-7H,2-4H2,1H3. The number of halogens is 2. The lowest BCUT2D eigenvalue weighted by Gasteiger charge is -2.22. The molecule has 13 heavy (non-hydrogen) atoms. The van der Waals surface area contributed by atoms with E-state index in [0.717, 1.165) is 22.9 Å². The van der Waals surface area contributed by atoms with Gasteiger partial charge in [0.05, 0.1) is 0 Å². The zero-order chi connectivity index (χ0) is 9.42. The van der Waals surface area contributed by atoms with Gasteiger partial charge in [0.2, 0.25) is 0 Å². The molecule has 1 atom stereocenters. The van der Waals surface area contributed by atoms with Gasteiger partial charge in [0.25, 0.3) is 0 Å². The number of benzene rings is 1.